The van der Waals surface area contributed by atoms with Gasteiger partial charge < -0.3 is 50.4 Å². The zero-order valence-corrected chi connectivity index (χ0v) is 28.5. The molecule has 1 aliphatic heterocycles. The fourth-order valence-corrected chi connectivity index (χ4v) is 7.12. The lowest BCUT2D eigenvalue weighted by Gasteiger charge is -2.53. The molecule has 3 aromatic carbocycles. The summed E-state index contributed by atoms with van der Waals surface area (Å²) in [5.74, 6) is 1.19. The van der Waals surface area contributed by atoms with Crippen molar-refractivity contribution in [1.82, 2.24) is 20.6 Å². The third-order valence-electron chi connectivity index (χ3n) is 8.83. The molecular weight excluding hydrogens is 616 g/mol. The Morgan fingerprint density at radius 2 is 1.66 bits per heavy atom. The third kappa shape index (κ3) is 9.47. The van der Waals surface area contributed by atoms with E-state index in [2.05, 4.69) is 63.9 Å². The molecule has 256 valence electrons. The largest absolute Gasteiger partial charge is 0.782 e. The first-order valence-corrected chi connectivity index (χ1v) is 17.6. The molecule has 0 amide bonds. The molecule has 5 rings (SSSR count). The molecule has 6 N–H and O–H groups in total. The van der Waals surface area contributed by atoms with Gasteiger partial charge in [-0.1, -0.05) is 37.1 Å². The lowest BCUT2D eigenvalue weighted by molar-refractivity contribution is 0.0988. The summed E-state index contributed by atoms with van der Waals surface area (Å²) >= 11 is 0. The van der Waals surface area contributed by atoms with Gasteiger partial charge >= 0.3 is 0 Å². The quantitative estimate of drug-likeness (QED) is 0.133. The number of sulfonamides is 1. The number of aromatic hydroxyl groups is 1. The van der Waals surface area contributed by atoms with Gasteiger partial charge in [0.05, 0.1) is 5.69 Å². The van der Waals surface area contributed by atoms with E-state index in [1.165, 1.54) is 16.1 Å². The monoisotopic (exact) mass is 664 g/mol. The van der Waals surface area contributed by atoms with E-state index in [0.717, 1.165) is 42.6 Å². The number of β-amino-alcohol motifs (C(OH)–C–C–N with tert-alkyl or cyclic N) is 1. The van der Waals surface area contributed by atoms with Crippen molar-refractivity contribution < 1.29 is 24.1 Å². The zero-order chi connectivity index (χ0) is 33.7. The van der Waals surface area contributed by atoms with E-state index in [0.29, 0.717) is 31.1 Å². The van der Waals surface area contributed by atoms with E-state index in [4.69, 9.17) is 4.74 Å². The molecule has 2 aliphatic rings. The summed E-state index contributed by atoms with van der Waals surface area (Å²) in [6.45, 7) is 5.24. The summed E-state index contributed by atoms with van der Waals surface area (Å²) in [6, 6.07) is 22.9. The van der Waals surface area contributed by atoms with Gasteiger partial charge in [0.2, 0.25) is 0 Å². The minimum absolute atomic E-state index is 0.0674. The normalized spacial score (nSPS) is 18.4. The molecule has 11 nitrogen and oxygen atoms in total. The van der Waals surface area contributed by atoms with E-state index in [-0.39, 0.29) is 23.3 Å². The van der Waals surface area contributed by atoms with E-state index >= 15 is 0 Å². The van der Waals surface area contributed by atoms with Crippen LogP contribution in [0.4, 0.5) is 11.4 Å². The van der Waals surface area contributed by atoms with Crippen LogP contribution >= 0.6 is 10.8 Å². The molecule has 47 heavy (non-hydrogen) atoms. The lowest BCUT2D eigenvalue weighted by Crippen LogP contribution is -2.46. The second kappa shape index (κ2) is 14.6. The fraction of sp³-hybridized carbons (Fsp3) is 0.429. The van der Waals surface area contributed by atoms with Gasteiger partial charge in [-0.25, -0.2) is 0 Å². The topological polar surface area (TPSA) is 150 Å². The summed E-state index contributed by atoms with van der Waals surface area (Å²) in [5, 5.41) is 29.3. The van der Waals surface area contributed by atoms with E-state index in [1.54, 1.807) is 24.3 Å². The maximum absolute atomic E-state index is 12.6. The number of benzene rings is 3. The van der Waals surface area contributed by atoms with Crippen LogP contribution in [0.15, 0.2) is 84.0 Å². The Labute approximate surface area is 280 Å². The van der Waals surface area contributed by atoms with Crippen LogP contribution in [0.1, 0.15) is 50.7 Å². The molecule has 0 saturated heterocycles. The highest BCUT2D eigenvalue weighted by atomic mass is 32.3. The zero-order valence-electron chi connectivity index (χ0n) is 27.7. The molecule has 3 aromatic rings. The van der Waals surface area contributed by atoms with Crippen molar-refractivity contribution in [1.29, 1.82) is 0 Å². The Hall–Kier alpha value is -3.65. The molecule has 1 aliphatic carbocycles. The van der Waals surface area contributed by atoms with Crippen molar-refractivity contribution in [2.75, 3.05) is 44.1 Å². The van der Waals surface area contributed by atoms with Gasteiger partial charge in [-0.15, -0.1) is 0 Å². The summed E-state index contributed by atoms with van der Waals surface area (Å²) in [7, 11) is 0.419. The van der Waals surface area contributed by atoms with E-state index in [9.17, 15) is 19.3 Å². The number of aliphatic hydroxyl groups is 1. The number of anilines is 2. The SMILES string of the molecule is CN(C)c1ccc(C2(CNC3=CS([O-])([O-])NN3Nc3ccc(CC(C)(C)NCC(O)COc4ccc(O)cc4)cc3)CCCC2)cc1. The first-order chi connectivity index (χ1) is 22.3. The lowest BCUT2D eigenvalue weighted by atomic mass is 9.78. The van der Waals surface area contributed by atoms with Crippen LogP contribution in [0.5, 0.6) is 11.5 Å². The Bertz CT molecular complexity index is 1480. The minimum Gasteiger partial charge on any atom is -0.782 e. The Morgan fingerprint density at radius 1 is 1.00 bits per heavy atom. The minimum atomic E-state index is -3.64. The second-order valence-electron chi connectivity index (χ2n) is 13.5. The summed E-state index contributed by atoms with van der Waals surface area (Å²) in [6.07, 6.45) is 4.37. The van der Waals surface area contributed by atoms with Gasteiger partial charge in [0, 0.05) is 49.2 Å². The maximum Gasteiger partial charge on any atom is 0.150 e. The smallest absolute Gasteiger partial charge is 0.150 e. The van der Waals surface area contributed by atoms with Crippen LogP contribution < -0.4 is 30.5 Å². The number of phenolic OH excluding ortho intramolecular Hbond substituents is 1. The van der Waals surface area contributed by atoms with Crippen LogP contribution in [0.25, 0.3) is 0 Å². The molecule has 1 unspecified atom stereocenters. The summed E-state index contributed by atoms with van der Waals surface area (Å²) in [4.78, 5) is 4.64. The number of hydrazine groups is 2. The van der Waals surface area contributed by atoms with Crippen LogP contribution in [0.3, 0.4) is 0 Å². The van der Waals surface area contributed by atoms with Crippen LogP contribution in [0.2, 0.25) is 0 Å². The number of ether oxygens (including phenoxy) is 1. The number of phenols is 1. The second-order valence-corrected chi connectivity index (χ2v) is 15.0. The Morgan fingerprint density at radius 3 is 2.30 bits per heavy atom. The van der Waals surface area contributed by atoms with Gasteiger partial charge in [0.15, 0.2) is 5.82 Å². The molecule has 1 atom stereocenters. The molecule has 0 radical (unpaired) electrons. The first-order valence-electron chi connectivity index (χ1n) is 16.1. The van der Waals surface area contributed by atoms with Crippen LogP contribution in [0, 0.1) is 0 Å². The van der Waals surface area contributed by atoms with Crippen molar-refractivity contribution in [2.24, 2.45) is 0 Å². The molecule has 1 heterocycles. The number of hydrogen-bond acceptors (Lipinski definition) is 11. The highest BCUT2D eigenvalue weighted by Crippen LogP contribution is 2.44. The number of hydrogen-bond donors (Lipinski definition) is 6. The number of rotatable bonds is 15. The molecule has 1 saturated carbocycles. The molecule has 12 heteroatoms. The summed E-state index contributed by atoms with van der Waals surface area (Å²) in [5.41, 5.74) is 7.05. The van der Waals surface area contributed by atoms with Gasteiger partial charge in [-0.3, -0.25) is 5.43 Å². The van der Waals surface area contributed by atoms with Crippen molar-refractivity contribution in [3.05, 3.63) is 95.2 Å². The van der Waals surface area contributed by atoms with Crippen LogP contribution in [-0.2, 0) is 11.8 Å². The third-order valence-corrected chi connectivity index (χ3v) is 9.80. The van der Waals surface area contributed by atoms with E-state index < -0.39 is 16.9 Å². The van der Waals surface area contributed by atoms with Crippen molar-refractivity contribution in [2.45, 2.75) is 63.0 Å². The maximum atomic E-state index is 12.6. The van der Waals surface area contributed by atoms with Gasteiger partial charge in [-0.2, -0.15) is 9.95 Å². The molecule has 1 fully saturated rings. The highest BCUT2D eigenvalue weighted by Gasteiger charge is 2.36. The van der Waals surface area contributed by atoms with Crippen molar-refractivity contribution >= 4 is 22.2 Å². The predicted molar refractivity (Wildman–Crippen MR) is 187 cm³/mol. The average Bonchev–Trinajstić information content (AvgIpc) is 3.63. The average molecular weight is 665 g/mol. The van der Waals surface area contributed by atoms with E-state index in [1.807, 2.05) is 38.4 Å². The Kier molecular flexibility index (Phi) is 10.8. The number of aliphatic hydroxyl groups excluding tert-OH is 1. The van der Waals surface area contributed by atoms with Crippen molar-refractivity contribution in [3.63, 3.8) is 0 Å². The fourth-order valence-electron chi connectivity index (χ4n) is 6.19. The summed E-state index contributed by atoms with van der Waals surface area (Å²) < 4.78 is 30.8. The molecule has 0 aromatic heterocycles. The van der Waals surface area contributed by atoms with Crippen LogP contribution in [-0.4, -0.2) is 69.9 Å². The predicted octanol–water partition coefficient (Wildman–Crippen LogP) is 4.84. The van der Waals surface area contributed by atoms with Gasteiger partial charge in [-0.05, 0) is 92.8 Å². The van der Waals surface area contributed by atoms with Crippen molar-refractivity contribution in [3.8, 4) is 11.5 Å². The number of nitrogens with one attached hydrogen (secondary N) is 4. The van der Waals surface area contributed by atoms with Gasteiger partial charge in [0.25, 0.3) is 0 Å². The molecular formula is C35H48N6O5S-2. The number of nitrogens with zero attached hydrogens (tertiary/aromatic N) is 2. The molecule has 0 bridgehead atoms. The standard InChI is InChI=1S/C35H50N6O5S/c1-34(2,37-22-31(43)23-46-32-17-15-30(42)16-18-32)21-26-7-11-28(12-8-26)38-41-33(24-47(44,45)39-41)36-25-35(19-5-6-20-35)27-9-13-29(14-10-27)40(3)4/h7-18,24,31,36-39,42-45H,5-6,19-23,25H2,1-4H3/p-2. The highest BCUT2D eigenvalue weighted by molar-refractivity contribution is 8.25. The van der Waals surface area contributed by atoms with Gasteiger partial charge in [0.1, 0.15) is 24.2 Å². The first kappa shape index (κ1) is 34.7. The molecule has 0 spiro atoms. The Balaban J connectivity index is 1.14.